The van der Waals surface area contributed by atoms with Crippen LogP contribution in [0.15, 0.2) is 35.7 Å². The number of sulfone groups is 1. The van der Waals surface area contributed by atoms with Gasteiger partial charge in [0.15, 0.2) is 9.84 Å². The Hall–Kier alpha value is -3.28. The molecule has 3 rings (SSSR count). The van der Waals surface area contributed by atoms with Crippen molar-refractivity contribution in [2.75, 3.05) is 61.7 Å². The molecule has 1 fully saturated rings. The number of nitrogens with zero attached hydrogens (tertiary/aromatic N) is 2. The third kappa shape index (κ3) is 6.94. The molecule has 202 valence electrons. The van der Waals surface area contributed by atoms with Gasteiger partial charge in [-0.3, -0.25) is 9.69 Å². The molecule has 0 aromatic heterocycles. The SMILES string of the molecule is COc1cc(OC)c(C=CS(=O)(=O)Cc2ccc(OC)c(C(C(=O)O)N3CCN(C)CC3)c2)c(OC)c1. The van der Waals surface area contributed by atoms with Crippen LogP contribution in [0.4, 0.5) is 0 Å². The number of carboxylic acid groups (broad SMARTS) is 1. The maximum atomic E-state index is 13.0. The second kappa shape index (κ2) is 12.3. The maximum Gasteiger partial charge on any atom is 0.325 e. The first kappa shape index (κ1) is 28.3. The standard InChI is InChI=1S/C26H34N2O8S/c1-27-9-11-28(12-10-27)25(26(29)30)21-14-18(6-7-22(21)34-3)17-37(31,32)13-8-20-23(35-4)15-19(33-2)16-24(20)36-5/h6-8,13-16,25H,9-12,17H2,1-5H3,(H,29,30). The molecule has 1 unspecified atom stereocenters. The van der Waals surface area contributed by atoms with Crippen LogP contribution in [0, 0.1) is 0 Å². The van der Waals surface area contributed by atoms with E-state index in [-0.39, 0.29) is 5.75 Å². The molecule has 0 bridgehead atoms. The molecule has 0 saturated carbocycles. The number of carboxylic acids is 1. The number of likely N-dealkylation sites (N-methyl/N-ethyl adjacent to an activating group) is 1. The molecule has 0 spiro atoms. The summed E-state index contributed by atoms with van der Waals surface area (Å²) < 4.78 is 47.5. The summed E-state index contributed by atoms with van der Waals surface area (Å²) >= 11 is 0. The Balaban J connectivity index is 1.91. The molecule has 11 heteroatoms. The first-order chi connectivity index (χ1) is 17.6. The van der Waals surface area contributed by atoms with E-state index in [0.29, 0.717) is 52.8 Å². The van der Waals surface area contributed by atoms with E-state index in [1.165, 1.54) is 34.5 Å². The molecule has 0 aliphatic carbocycles. The fourth-order valence-corrected chi connectivity index (χ4v) is 5.39. The average molecular weight is 535 g/mol. The quantitative estimate of drug-likeness (QED) is 0.461. The second-order valence-electron chi connectivity index (χ2n) is 8.71. The molecule has 1 heterocycles. The number of benzene rings is 2. The minimum Gasteiger partial charge on any atom is -0.496 e. The Morgan fingerprint density at radius 1 is 0.946 bits per heavy atom. The summed E-state index contributed by atoms with van der Waals surface area (Å²) in [6, 6.07) is 7.17. The third-order valence-corrected chi connectivity index (χ3v) is 7.58. The second-order valence-corrected chi connectivity index (χ2v) is 10.6. The fourth-order valence-electron chi connectivity index (χ4n) is 4.30. The summed E-state index contributed by atoms with van der Waals surface area (Å²) in [7, 11) is 4.17. The van der Waals surface area contributed by atoms with Gasteiger partial charge in [0.05, 0.1) is 39.8 Å². The van der Waals surface area contributed by atoms with Gasteiger partial charge >= 0.3 is 5.97 Å². The van der Waals surface area contributed by atoms with Crippen molar-refractivity contribution in [2.24, 2.45) is 0 Å². The molecule has 0 radical (unpaired) electrons. The van der Waals surface area contributed by atoms with Gasteiger partial charge in [-0.25, -0.2) is 8.42 Å². The van der Waals surface area contributed by atoms with Gasteiger partial charge in [-0.2, -0.15) is 0 Å². The van der Waals surface area contributed by atoms with E-state index >= 15 is 0 Å². The molecular formula is C26H34N2O8S. The summed E-state index contributed by atoms with van der Waals surface area (Å²) in [5, 5.41) is 11.2. The van der Waals surface area contributed by atoms with E-state index in [1.54, 1.807) is 30.3 Å². The van der Waals surface area contributed by atoms with Crippen LogP contribution in [0.25, 0.3) is 6.08 Å². The minimum absolute atomic E-state index is 0.323. The third-order valence-electron chi connectivity index (χ3n) is 6.29. The first-order valence-electron chi connectivity index (χ1n) is 11.7. The highest BCUT2D eigenvalue weighted by Crippen LogP contribution is 2.36. The van der Waals surface area contributed by atoms with Crippen molar-refractivity contribution in [2.45, 2.75) is 11.8 Å². The number of rotatable bonds is 11. The molecule has 1 saturated heterocycles. The van der Waals surface area contributed by atoms with Crippen LogP contribution >= 0.6 is 0 Å². The topological polar surface area (TPSA) is 115 Å². The Labute approximate surface area is 217 Å². The predicted octanol–water partition coefficient (Wildman–Crippen LogP) is 2.68. The van der Waals surface area contributed by atoms with Crippen LogP contribution in [0.2, 0.25) is 0 Å². The molecule has 10 nitrogen and oxygen atoms in total. The van der Waals surface area contributed by atoms with E-state index in [0.717, 1.165) is 18.5 Å². The average Bonchev–Trinajstić information content (AvgIpc) is 2.88. The van der Waals surface area contributed by atoms with Gasteiger partial charge in [0.1, 0.15) is 29.0 Å². The van der Waals surface area contributed by atoms with Crippen LogP contribution in [-0.2, 0) is 20.4 Å². The lowest BCUT2D eigenvalue weighted by Crippen LogP contribution is -2.47. The highest BCUT2D eigenvalue weighted by Gasteiger charge is 2.32. The van der Waals surface area contributed by atoms with Gasteiger partial charge in [0.25, 0.3) is 0 Å². The van der Waals surface area contributed by atoms with Crippen molar-refractivity contribution in [3.63, 3.8) is 0 Å². The van der Waals surface area contributed by atoms with Crippen molar-refractivity contribution in [3.05, 3.63) is 52.4 Å². The molecule has 0 amide bonds. The summed E-state index contributed by atoms with van der Waals surface area (Å²) in [5.74, 6) is 0.359. The van der Waals surface area contributed by atoms with E-state index < -0.39 is 21.8 Å². The van der Waals surface area contributed by atoms with Gasteiger partial charge in [-0.05, 0) is 30.8 Å². The molecular weight excluding hydrogens is 500 g/mol. The Kier molecular flexibility index (Phi) is 9.41. The van der Waals surface area contributed by atoms with Crippen molar-refractivity contribution in [1.29, 1.82) is 0 Å². The zero-order valence-corrected chi connectivity index (χ0v) is 22.6. The number of piperazine rings is 1. The number of carbonyl (C=O) groups is 1. The van der Waals surface area contributed by atoms with Crippen LogP contribution in [0.5, 0.6) is 23.0 Å². The summed E-state index contributed by atoms with van der Waals surface area (Å²) in [6.45, 7) is 2.63. The Bertz CT molecular complexity index is 1210. The van der Waals surface area contributed by atoms with Crippen LogP contribution in [-0.4, -0.2) is 91.0 Å². The van der Waals surface area contributed by atoms with E-state index in [9.17, 15) is 18.3 Å². The fraction of sp³-hybridized carbons (Fsp3) is 0.423. The highest BCUT2D eigenvalue weighted by atomic mass is 32.2. The molecule has 2 aromatic carbocycles. The van der Waals surface area contributed by atoms with Crippen molar-refractivity contribution in [1.82, 2.24) is 9.80 Å². The molecule has 2 aromatic rings. The summed E-state index contributed by atoms with van der Waals surface area (Å²) in [5.41, 5.74) is 1.33. The van der Waals surface area contributed by atoms with Crippen LogP contribution in [0.1, 0.15) is 22.7 Å². The van der Waals surface area contributed by atoms with Gasteiger partial charge < -0.3 is 29.0 Å². The van der Waals surface area contributed by atoms with Crippen molar-refractivity contribution >= 4 is 21.9 Å². The molecule has 37 heavy (non-hydrogen) atoms. The summed E-state index contributed by atoms with van der Waals surface area (Å²) in [6.07, 6.45) is 1.42. The molecule has 1 aliphatic heterocycles. The zero-order valence-electron chi connectivity index (χ0n) is 21.8. The minimum atomic E-state index is -3.74. The Morgan fingerprint density at radius 3 is 2.05 bits per heavy atom. The van der Waals surface area contributed by atoms with E-state index in [4.69, 9.17) is 18.9 Å². The number of methoxy groups -OCH3 is 4. The normalized spacial score (nSPS) is 15.9. The smallest absolute Gasteiger partial charge is 0.325 e. The number of hydrogen-bond donors (Lipinski definition) is 1. The molecule has 1 aliphatic rings. The van der Waals surface area contributed by atoms with Crippen LogP contribution in [0.3, 0.4) is 0 Å². The lowest BCUT2D eigenvalue weighted by molar-refractivity contribution is -0.144. The van der Waals surface area contributed by atoms with E-state index in [1.807, 2.05) is 11.9 Å². The maximum absolute atomic E-state index is 13.0. The van der Waals surface area contributed by atoms with Gasteiger partial charge in [0.2, 0.25) is 0 Å². The largest absolute Gasteiger partial charge is 0.496 e. The molecule has 1 atom stereocenters. The predicted molar refractivity (Wildman–Crippen MR) is 140 cm³/mol. The number of aliphatic carboxylic acids is 1. The molecule has 1 N–H and O–H groups in total. The van der Waals surface area contributed by atoms with Crippen molar-refractivity contribution < 1.29 is 37.3 Å². The van der Waals surface area contributed by atoms with Gasteiger partial charge in [-0.15, -0.1) is 0 Å². The monoisotopic (exact) mass is 534 g/mol. The van der Waals surface area contributed by atoms with Gasteiger partial charge in [0, 0.05) is 49.3 Å². The zero-order chi connectivity index (χ0) is 27.2. The van der Waals surface area contributed by atoms with Crippen LogP contribution < -0.4 is 18.9 Å². The number of hydrogen-bond acceptors (Lipinski definition) is 9. The van der Waals surface area contributed by atoms with E-state index in [2.05, 4.69) is 4.90 Å². The first-order valence-corrected chi connectivity index (χ1v) is 13.4. The number of ether oxygens (including phenoxy) is 4. The lowest BCUT2D eigenvalue weighted by Gasteiger charge is -2.36. The highest BCUT2D eigenvalue weighted by molar-refractivity contribution is 7.93. The van der Waals surface area contributed by atoms with Crippen molar-refractivity contribution in [3.8, 4) is 23.0 Å². The Morgan fingerprint density at radius 2 is 1.54 bits per heavy atom. The van der Waals surface area contributed by atoms with Gasteiger partial charge in [-0.1, -0.05) is 6.07 Å². The lowest BCUT2D eigenvalue weighted by atomic mass is 10.0. The summed E-state index contributed by atoms with van der Waals surface area (Å²) in [4.78, 5) is 16.3.